The SMILES string of the molecule is CC(C)CCNC(=O)CSc1ncc(S(=O)(=O)c2ccc(Cl)c(Cl)c2)c(=O)[nH]1. The minimum Gasteiger partial charge on any atom is -0.355 e. The number of nitrogens with one attached hydrogen (secondary N) is 2. The van der Waals surface area contributed by atoms with Gasteiger partial charge in [-0.1, -0.05) is 48.8 Å². The van der Waals surface area contributed by atoms with Gasteiger partial charge in [-0.15, -0.1) is 0 Å². The maximum absolute atomic E-state index is 12.6. The van der Waals surface area contributed by atoms with Crippen molar-refractivity contribution in [1.82, 2.24) is 15.3 Å². The second kappa shape index (κ2) is 9.78. The van der Waals surface area contributed by atoms with E-state index in [1.54, 1.807) is 0 Å². The molecule has 0 bridgehead atoms. The summed E-state index contributed by atoms with van der Waals surface area (Å²) in [6.07, 6.45) is 1.84. The van der Waals surface area contributed by atoms with Crippen molar-refractivity contribution in [3.63, 3.8) is 0 Å². The zero-order valence-corrected chi connectivity index (χ0v) is 18.3. The molecule has 0 saturated carbocycles. The maximum Gasteiger partial charge on any atom is 0.270 e. The first-order valence-electron chi connectivity index (χ1n) is 8.30. The van der Waals surface area contributed by atoms with Crippen LogP contribution in [-0.2, 0) is 14.6 Å². The van der Waals surface area contributed by atoms with E-state index >= 15 is 0 Å². The number of halogens is 2. The summed E-state index contributed by atoms with van der Waals surface area (Å²) in [5.41, 5.74) is -0.830. The molecule has 1 aromatic heterocycles. The summed E-state index contributed by atoms with van der Waals surface area (Å²) in [5, 5.41) is 3.18. The Balaban J connectivity index is 2.10. The Morgan fingerprint density at radius 2 is 2.00 bits per heavy atom. The van der Waals surface area contributed by atoms with E-state index in [2.05, 4.69) is 29.1 Å². The highest BCUT2D eigenvalue weighted by molar-refractivity contribution is 7.99. The van der Waals surface area contributed by atoms with Gasteiger partial charge in [-0.2, -0.15) is 0 Å². The molecular formula is C17H19Cl2N3O4S2. The first-order valence-corrected chi connectivity index (χ1v) is 11.5. The van der Waals surface area contributed by atoms with Crippen LogP contribution >= 0.6 is 35.0 Å². The monoisotopic (exact) mass is 463 g/mol. The highest BCUT2D eigenvalue weighted by atomic mass is 35.5. The molecule has 0 aliphatic rings. The van der Waals surface area contributed by atoms with Crippen LogP contribution in [0.4, 0.5) is 0 Å². The van der Waals surface area contributed by atoms with Crippen LogP contribution in [0.5, 0.6) is 0 Å². The molecule has 2 rings (SSSR count). The van der Waals surface area contributed by atoms with Crippen molar-refractivity contribution >= 4 is 50.7 Å². The van der Waals surface area contributed by atoms with E-state index in [9.17, 15) is 18.0 Å². The number of aromatic amines is 1. The zero-order valence-electron chi connectivity index (χ0n) is 15.2. The second-order valence-electron chi connectivity index (χ2n) is 6.28. The van der Waals surface area contributed by atoms with Crippen molar-refractivity contribution in [3.05, 3.63) is 44.8 Å². The number of aromatic nitrogens is 2. The Hall–Kier alpha value is -1.55. The van der Waals surface area contributed by atoms with E-state index in [1.165, 1.54) is 18.2 Å². The Morgan fingerprint density at radius 3 is 2.61 bits per heavy atom. The van der Waals surface area contributed by atoms with Crippen LogP contribution in [-0.4, -0.2) is 36.6 Å². The third-order valence-electron chi connectivity index (χ3n) is 3.62. The summed E-state index contributed by atoms with van der Waals surface area (Å²) in [7, 11) is -4.12. The largest absolute Gasteiger partial charge is 0.355 e. The number of carbonyl (C=O) groups excluding carboxylic acids is 1. The average molecular weight is 464 g/mol. The molecule has 2 aromatic rings. The zero-order chi connectivity index (χ0) is 20.9. The van der Waals surface area contributed by atoms with E-state index in [1.807, 2.05) is 0 Å². The van der Waals surface area contributed by atoms with Gasteiger partial charge in [0.25, 0.3) is 5.56 Å². The molecule has 152 valence electrons. The molecule has 1 aromatic carbocycles. The van der Waals surface area contributed by atoms with Crippen LogP contribution in [0.3, 0.4) is 0 Å². The molecule has 0 fully saturated rings. The predicted octanol–water partition coefficient (Wildman–Crippen LogP) is 3.16. The highest BCUT2D eigenvalue weighted by Gasteiger charge is 2.23. The quantitative estimate of drug-likeness (QED) is 0.459. The summed E-state index contributed by atoms with van der Waals surface area (Å²) < 4.78 is 25.3. The first-order chi connectivity index (χ1) is 13.1. The topological polar surface area (TPSA) is 109 Å². The van der Waals surface area contributed by atoms with Gasteiger partial charge in [0.15, 0.2) is 10.1 Å². The molecule has 0 atom stereocenters. The van der Waals surface area contributed by atoms with Gasteiger partial charge in [-0.25, -0.2) is 13.4 Å². The standard InChI is InChI=1S/C17H19Cl2N3O4S2/c1-10(2)5-6-20-15(23)9-27-17-21-8-14(16(24)22-17)28(25,26)11-3-4-12(18)13(19)7-11/h3-4,7-8,10H,5-6,9H2,1-2H3,(H,20,23)(H,21,22,24). The van der Waals surface area contributed by atoms with Crippen LogP contribution in [0.2, 0.25) is 10.0 Å². The van der Waals surface area contributed by atoms with Crippen molar-refractivity contribution in [1.29, 1.82) is 0 Å². The lowest BCUT2D eigenvalue weighted by Gasteiger charge is -2.07. The molecular weight excluding hydrogens is 445 g/mol. The van der Waals surface area contributed by atoms with Gasteiger partial charge in [-0.05, 0) is 30.5 Å². The van der Waals surface area contributed by atoms with Crippen molar-refractivity contribution in [2.45, 2.75) is 35.2 Å². The van der Waals surface area contributed by atoms with Gasteiger partial charge in [0.1, 0.15) is 0 Å². The average Bonchev–Trinajstić information content (AvgIpc) is 2.61. The molecule has 1 heterocycles. The number of hydrogen-bond donors (Lipinski definition) is 2. The van der Waals surface area contributed by atoms with Crippen LogP contribution < -0.4 is 10.9 Å². The van der Waals surface area contributed by atoms with Crippen LogP contribution in [0.1, 0.15) is 20.3 Å². The van der Waals surface area contributed by atoms with Crippen molar-refractivity contribution in [3.8, 4) is 0 Å². The smallest absolute Gasteiger partial charge is 0.270 e. The van der Waals surface area contributed by atoms with Gasteiger partial charge in [0.2, 0.25) is 15.7 Å². The minimum atomic E-state index is -4.12. The summed E-state index contributed by atoms with van der Waals surface area (Å²) >= 11 is 12.7. The van der Waals surface area contributed by atoms with E-state index in [0.29, 0.717) is 12.5 Å². The number of rotatable bonds is 8. The van der Waals surface area contributed by atoms with Gasteiger partial charge in [0, 0.05) is 6.54 Å². The molecule has 28 heavy (non-hydrogen) atoms. The van der Waals surface area contributed by atoms with E-state index in [4.69, 9.17) is 23.2 Å². The lowest BCUT2D eigenvalue weighted by Crippen LogP contribution is -2.27. The van der Waals surface area contributed by atoms with E-state index in [0.717, 1.165) is 24.4 Å². The first kappa shape index (κ1) is 22.7. The third kappa shape index (κ3) is 5.97. The normalized spacial score (nSPS) is 11.6. The number of benzene rings is 1. The summed E-state index contributed by atoms with van der Waals surface area (Å²) in [4.78, 5) is 29.7. The third-order valence-corrected chi connectivity index (χ3v) is 6.99. The fraction of sp³-hybridized carbons (Fsp3) is 0.353. The number of H-pyrrole nitrogens is 1. The predicted molar refractivity (Wildman–Crippen MR) is 110 cm³/mol. The minimum absolute atomic E-state index is 0.0555. The van der Waals surface area contributed by atoms with Crippen LogP contribution in [0.25, 0.3) is 0 Å². The Kier molecular flexibility index (Phi) is 7.94. The van der Waals surface area contributed by atoms with E-state index < -0.39 is 20.3 Å². The van der Waals surface area contributed by atoms with Gasteiger partial charge >= 0.3 is 0 Å². The Bertz CT molecular complexity index is 1020. The summed E-state index contributed by atoms with van der Waals surface area (Å²) in [6.45, 7) is 4.69. The highest BCUT2D eigenvalue weighted by Crippen LogP contribution is 2.27. The van der Waals surface area contributed by atoms with Crippen LogP contribution in [0.15, 0.2) is 44.1 Å². The van der Waals surface area contributed by atoms with E-state index in [-0.39, 0.29) is 31.8 Å². The van der Waals surface area contributed by atoms with Crippen molar-refractivity contribution in [2.24, 2.45) is 5.92 Å². The molecule has 0 saturated heterocycles. The fourth-order valence-electron chi connectivity index (χ4n) is 2.09. The van der Waals surface area contributed by atoms with Crippen molar-refractivity contribution in [2.75, 3.05) is 12.3 Å². The Labute approximate surface area is 177 Å². The molecule has 0 aliphatic carbocycles. The van der Waals surface area contributed by atoms with Gasteiger partial charge in [0.05, 0.1) is 26.9 Å². The molecule has 0 radical (unpaired) electrons. The maximum atomic E-state index is 12.6. The number of amides is 1. The molecule has 7 nitrogen and oxygen atoms in total. The number of sulfone groups is 1. The molecule has 2 N–H and O–H groups in total. The number of thioether (sulfide) groups is 1. The van der Waals surface area contributed by atoms with Gasteiger partial charge in [-0.3, -0.25) is 9.59 Å². The van der Waals surface area contributed by atoms with Crippen molar-refractivity contribution < 1.29 is 13.2 Å². The number of hydrogen-bond acceptors (Lipinski definition) is 6. The summed E-state index contributed by atoms with van der Waals surface area (Å²) in [5.74, 6) is 0.344. The molecule has 0 aliphatic heterocycles. The van der Waals surface area contributed by atoms with Crippen LogP contribution in [0, 0.1) is 5.92 Å². The van der Waals surface area contributed by atoms with Gasteiger partial charge < -0.3 is 10.3 Å². The fourth-order valence-corrected chi connectivity index (χ4v) is 4.37. The molecule has 0 unspecified atom stereocenters. The molecule has 11 heteroatoms. The lowest BCUT2D eigenvalue weighted by atomic mass is 10.1. The molecule has 0 spiro atoms. The lowest BCUT2D eigenvalue weighted by molar-refractivity contribution is -0.118. The Morgan fingerprint density at radius 1 is 1.29 bits per heavy atom. The molecule has 1 amide bonds. The second-order valence-corrected chi connectivity index (χ2v) is 9.98. The summed E-state index contributed by atoms with van der Waals surface area (Å²) in [6, 6.07) is 3.76. The number of carbonyl (C=O) groups is 1. The number of nitrogens with zero attached hydrogens (tertiary/aromatic N) is 1.